The molecular weight excluding hydrogens is 424 g/mol. The van der Waals surface area contributed by atoms with E-state index in [9.17, 15) is 14.2 Å². The second kappa shape index (κ2) is 7.69. The highest BCUT2D eigenvalue weighted by Crippen LogP contribution is 2.53. The lowest BCUT2D eigenvalue weighted by atomic mass is 10.1. The van der Waals surface area contributed by atoms with Crippen LogP contribution < -0.4 is 15.0 Å². The Bertz CT molecular complexity index is 1270. The maximum atomic E-state index is 14.0. The minimum atomic E-state index is -3.79. The summed E-state index contributed by atoms with van der Waals surface area (Å²) in [7, 11) is -0.929. The molecule has 3 heterocycles. The fraction of sp³-hybridized carbons (Fsp3) is 0.250. The lowest BCUT2D eigenvalue weighted by molar-refractivity contribution is 0.222. The predicted molar refractivity (Wildman–Crippen MR) is 110 cm³/mol. The van der Waals surface area contributed by atoms with Gasteiger partial charge in [0.2, 0.25) is 0 Å². The molecule has 2 bridgehead atoms. The van der Waals surface area contributed by atoms with Crippen LogP contribution in [-0.2, 0) is 22.3 Å². The van der Waals surface area contributed by atoms with Gasteiger partial charge in [0.25, 0.3) is 0 Å². The molecule has 0 fully saturated rings. The molecule has 1 aromatic carbocycles. The number of benzene rings is 1. The highest BCUT2D eigenvalue weighted by atomic mass is 31.2. The summed E-state index contributed by atoms with van der Waals surface area (Å²) in [5.41, 5.74) is 7.80. The number of ether oxygens (including phenoxy) is 1. The topological polar surface area (TPSA) is 125 Å². The summed E-state index contributed by atoms with van der Waals surface area (Å²) in [6.45, 7) is 1.67. The van der Waals surface area contributed by atoms with E-state index in [4.69, 9.17) is 19.5 Å². The van der Waals surface area contributed by atoms with E-state index in [-0.39, 0.29) is 29.2 Å². The molecule has 0 aliphatic carbocycles. The number of nitrogens with zero attached hydrogens (tertiary/aromatic N) is 4. The van der Waals surface area contributed by atoms with Gasteiger partial charge in [0.05, 0.1) is 5.69 Å². The Morgan fingerprint density at radius 2 is 2.16 bits per heavy atom. The molecule has 3 aromatic rings. The van der Waals surface area contributed by atoms with Gasteiger partial charge in [0.1, 0.15) is 35.6 Å². The van der Waals surface area contributed by atoms with E-state index in [1.807, 2.05) is 0 Å². The first-order valence-corrected chi connectivity index (χ1v) is 11.0. The Morgan fingerprint density at radius 3 is 2.87 bits per heavy atom. The van der Waals surface area contributed by atoms with Crippen molar-refractivity contribution < 1.29 is 22.7 Å². The molecule has 2 aromatic heterocycles. The summed E-state index contributed by atoms with van der Waals surface area (Å²) in [6.07, 6.45) is 0.533. The summed E-state index contributed by atoms with van der Waals surface area (Å²) in [4.78, 5) is 4.18. The first-order valence-electron chi connectivity index (χ1n) is 9.27. The molecule has 1 aliphatic rings. The van der Waals surface area contributed by atoms with E-state index >= 15 is 0 Å². The molecule has 11 heteroatoms. The van der Waals surface area contributed by atoms with Crippen molar-refractivity contribution in [2.45, 2.75) is 19.2 Å². The smallest absolute Gasteiger partial charge is 0.384 e. The van der Waals surface area contributed by atoms with Gasteiger partial charge in [-0.3, -0.25) is 4.68 Å². The molecule has 1 aliphatic heterocycles. The van der Waals surface area contributed by atoms with Gasteiger partial charge in [-0.15, -0.1) is 0 Å². The number of pyridine rings is 1. The van der Waals surface area contributed by atoms with Crippen molar-refractivity contribution in [2.24, 2.45) is 7.05 Å². The van der Waals surface area contributed by atoms with Crippen molar-refractivity contribution in [3.63, 3.8) is 0 Å². The number of nitriles is 1. The van der Waals surface area contributed by atoms with Gasteiger partial charge in [-0.1, -0.05) is 0 Å². The van der Waals surface area contributed by atoms with Crippen LogP contribution in [-0.4, -0.2) is 21.9 Å². The second-order valence-corrected chi connectivity index (χ2v) is 9.08. The number of anilines is 1. The molecule has 9 nitrogen and oxygen atoms in total. The zero-order valence-corrected chi connectivity index (χ0v) is 17.9. The quantitative estimate of drug-likeness (QED) is 0.561. The van der Waals surface area contributed by atoms with E-state index in [2.05, 4.69) is 16.2 Å². The SMILES string of the molecule is COP1(=O)Cc2nn(C)c(C#N)c2-c2cnc(N)c(c2)OC(C)c2cc(F)ccc2O1. The average Bonchev–Trinajstić information content (AvgIpc) is 3.04. The number of rotatable bonds is 1. The summed E-state index contributed by atoms with van der Waals surface area (Å²) >= 11 is 0. The van der Waals surface area contributed by atoms with Crippen LogP contribution in [0, 0.1) is 17.1 Å². The molecular formula is C20H19FN5O4P. The first kappa shape index (κ1) is 20.8. The van der Waals surface area contributed by atoms with Gasteiger partial charge in [0.15, 0.2) is 11.6 Å². The molecule has 160 valence electrons. The van der Waals surface area contributed by atoms with Crippen molar-refractivity contribution in [3.8, 4) is 28.7 Å². The third-order valence-electron chi connectivity index (χ3n) is 4.97. The monoisotopic (exact) mass is 443 g/mol. The van der Waals surface area contributed by atoms with Crippen molar-refractivity contribution >= 4 is 13.4 Å². The minimum absolute atomic E-state index is 0.123. The van der Waals surface area contributed by atoms with Crippen LogP contribution >= 0.6 is 7.60 Å². The van der Waals surface area contributed by atoms with Crippen molar-refractivity contribution in [1.82, 2.24) is 14.8 Å². The molecule has 4 rings (SSSR count). The van der Waals surface area contributed by atoms with Crippen LogP contribution in [0.1, 0.15) is 30.0 Å². The van der Waals surface area contributed by atoms with E-state index in [0.717, 1.165) is 0 Å². The number of halogens is 1. The van der Waals surface area contributed by atoms with E-state index in [1.165, 1.54) is 36.2 Å². The number of nitrogens with two attached hydrogens (primary N) is 1. The van der Waals surface area contributed by atoms with Gasteiger partial charge < -0.3 is 19.5 Å². The fourth-order valence-electron chi connectivity index (χ4n) is 3.45. The van der Waals surface area contributed by atoms with Gasteiger partial charge in [-0.25, -0.2) is 13.9 Å². The van der Waals surface area contributed by atoms with Crippen molar-refractivity contribution in [1.29, 1.82) is 5.26 Å². The highest BCUT2D eigenvalue weighted by molar-refractivity contribution is 7.53. The number of fused-ring (bicyclic) bond motifs is 5. The average molecular weight is 443 g/mol. The highest BCUT2D eigenvalue weighted by Gasteiger charge is 2.33. The molecule has 0 amide bonds. The predicted octanol–water partition coefficient (Wildman–Crippen LogP) is 3.95. The second-order valence-electron chi connectivity index (χ2n) is 7.00. The molecule has 0 saturated heterocycles. The van der Waals surface area contributed by atoms with E-state index in [1.54, 1.807) is 20.0 Å². The third-order valence-corrected chi connectivity index (χ3v) is 6.69. The van der Waals surface area contributed by atoms with Crippen LogP contribution in [0.2, 0.25) is 0 Å². The maximum Gasteiger partial charge on any atom is 0.384 e. The van der Waals surface area contributed by atoms with Crippen molar-refractivity contribution in [3.05, 3.63) is 53.2 Å². The van der Waals surface area contributed by atoms with Crippen LogP contribution in [0.25, 0.3) is 11.1 Å². The summed E-state index contributed by atoms with van der Waals surface area (Å²) in [5.74, 6) is -0.00422. The van der Waals surface area contributed by atoms with Crippen LogP contribution in [0.3, 0.4) is 0 Å². The summed E-state index contributed by atoms with van der Waals surface area (Å²) < 4.78 is 45.9. The Morgan fingerprint density at radius 1 is 1.39 bits per heavy atom. The standard InChI is InChI=1S/C20H19FN5O4P/c1-11-14-7-13(21)4-5-17(14)30-31(27,28-3)10-15-19(16(8-22)26(2)25-15)12-6-18(29-11)20(23)24-9-12/h4-7,9,11H,10H2,1-3H3,(H2,23,24). The number of hydrogen-bond donors (Lipinski definition) is 1. The Balaban J connectivity index is 2.00. The Labute approximate surface area is 177 Å². The summed E-state index contributed by atoms with van der Waals surface area (Å²) in [5, 5.41) is 14.0. The first-order chi connectivity index (χ1) is 14.7. The van der Waals surface area contributed by atoms with Gasteiger partial charge >= 0.3 is 7.60 Å². The minimum Gasteiger partial charge on any atom is -0.482 e. The lowest BCUT2D eigenvalue weighted by Crippen LogP contribution is -2.10. The zero-order valence-electron chi connectivity index (χ0n) is 17.0. The molecule has 2 unspecified atom stereocenters. The number of aromatic nitrogens is 3. The maximum absolute atomic E-state index is 14.0. The molecule has 2 atom stereocenters. The number of nitrogen functional groups attached to an aromatic ring is 1. The van der Waals surface area contributed by atoms with Crippen LogP contribution in [0.4, 0.5) is 10.2 Å². The zero-order chi connectivity index (χ0) is 22.3. The lowest BCUT2D eigenvalue weighted by Gasteiger charge is -2.23. The van der Waals surface area contributed by atoms with E-state index in [0.29, 0.717) is 22.4 Å². The summed E-state index contributed by atoms with van der Waals surface area (Å²) in [6, 6.07) is 7.51. The number of hydrogen-bond acceptors (Lipinski definition) is 8. The normalized spacial score (nSPS) is 20.2. The van der Waals surface area contributed by atoms with Crippen LogP contribution in [0.15, 0.2) is 30.5 Å². The van der Waals surface area contributed by atoms with Crippen LogP contribution in [0.5, 0.6) is 11.5 Å². The largest absolute Gasteiger partial charge is 0.482 e. The fourth-order valence-corrected chi connectivity index (χ4v) is 4.77. The third kappa shape index (κ3) is 3.74. The molecule has 31 heavy (non-hydrogen) atoms. The number of aryl methyl sites for hydroxylation is 1. The van der Waals surface area contributed by atoms with E-state index < -0.39 is 19.5 Å². The molecule has 0 spiro atoms. The van der Waals surface area contributed by atoms with Gasteiger partial charge in [-0.2, -0.15) is 10.4 Å². The van der Waals surface area contributed by atoms with Crippen molar-refractivity contribution in [2.75, 3.05) is 12.8 Å². The Kier molecular flexibility index (Phi) is 5.17. The van der Waals surface area contributed by atoms with Gasteiger partial charge in [0, 0.05) is 37.0 Å². The molecule has 2 N–H and O–H groups in total. The molecule has 0 radical (unpaired) electrons. The Hall–Kier alpha value is -3.41. The van der Waals surface area contributed by atoms with Gasteiger partial charge in [-0.05, 0) is 31.2 Å². The molecule has 0 saturated carbocycles.